The Balaban J connectivity index is 1.69. The van der Waals surface area contributed by atoms with Gasteiger partial charge in [0.1, 0.15) is 18.2 Å². The summed E-state index contributed by atoms with van der Waals surface area (Å²) in [7, 11) is 0. The van der Waals surface area contributed by atoms with Gasteiger partial charge >= 0.3 is 0 Å². The molecule has 0 saturated heterocycles. The Morgan fingerprint density at radius 1 is 1.25 bits per heavy atom. The van der Waals surface area contributed by atoms with Gasteiger partial charge in [-0.1, -0.05) is 6.07 Å². The quantitative estimate of drug-likeness (QED) is 0.894. The molecule has 0 bridgehead atoms. The molecule has 2 aromatic rings. The zero-order chi connectivity index (χ0) is 13.9. The molecule has 0 unspecified atom stereocenters. The SMILES string of the molecule is Nc1ccc(COc2ccc3c(c2)CCC(=O)N3)cn1. The molecular weight excluding hydrogens is 254 g/mol. The monoisotopic (exact) mass is 269 g/mol. The van der Waals surface area contributed by atoms with Crippen LogP contribution in [0.2, 0.25) is 0 Å². The van der Waals surface area contributed by atoms with Crippen molar-refractivity contribution >= 4 is 17.4 Å². The predicted molar refractivity (Wildman–Crippen MR) is 76.4 cm³/mol. The number of nitrogens with two attached hydrogens (primary N) is 1. The van der Waals surface area contributed by atoms with Crippen molar-refractivity contribution < 1.29 is 9.53 Å². The number of pyridine rings is 1. The molecule has 1 aromatic carbocycles. The molecule has 0 saturated carbocycles. The van der Waals surface area contributed by atoms with Crippen molar-refractivity contribution in [1.82, 2.24) is 4.98 Å². The molecule has 3 rings (SSSR count). The number of nitrogen functional groups attached to an aromatic ring is 1. The third-order valence-corrected chi connectivity index (χ3v) is 3.23. The van der Waals surface area contributed by atoms with Gasteiger partial charge in [0.2, 0.25) is 5.91 Å². The van der Waals surface area contributed by atoms with Gasteiger partial charge in [-0.05, 0) is 36.2 Å². The minimum atomic E-state index is 0.0686. The number of anilines is 2. The van der Waals surface area contributed by atoms with Crippen molar-refractivity contribution in [3.8, 4) is 5.75 Å². The van der Waals surface area contributed by atoms with Crippen molar-refractivity contribution in [3.05, 3.63) is 47.7 Å². The molecule has 1 aliphatic heterocycles. The topological polar surface area (TPSA) is 77.2 Å². The van der Waals surface area contributed by atoms with Crippen LogP contribution in [-0.4, -0.2) is 10.9 Å². The maximum Gasteiger partial charge on any atom is 0.224 e. The fraction of sp³-hybridized carbons (Fsp3) is 0.200. The number of amides is 1. The molecule has 0 atom stereocenters. The minimum Gasteiger partial charge on any atom is -0.489 e. The molecule has 3 N–H and O–H groups in total. The van der Waals surface area contributed by atoms with Crippen LogP contribution in [0, 0.1) is 0 Å². The molecule has 20 heavy (non-hydrogen) atoms. The second kappa shape index (κ2) is 5.21. The number of hydrogen-bond acceptors (Lipinski definition) is 4. The summed E-state index contributed by atoms with van der Waals surface area (Å²) < 4.78 is 5.73. The number of rotatable bonds is 3. The van der Waals surface area contributed by atoms with Crippen LogP contribution in [0.1, 0.15) is 17.5 Å². The van der Waals surface area contributed by atoms with E-state index in [9.17, 15) is 4.79 Å². The number of aryl methyl sites for hydroxylation is 1. The highest BCUT2D eigenvalue weighted by molar-refractivity contribution is 5.93. The number of ether oxygens (including phenoxy) is 1. The van der Waals surface area contributed by atoms with E-state index < -0.39 is 0 Å². The van der Waals surface area contributed by atoms with Gasteiger partial charge in [0.05, 0.1) is 0 Å². The molecule has 0 fully saturated rings. The molecule has 102 valence electrons. The largest absolute Gasteiger partial charge is 0.489 e. The van der Waals surface area contributed by atoms with Crippen LogP contribution in [-0.2, 0) is 17.8 Å². The second-order valence-corrected chi connectivity index (χ2v) is 4.75. The molecule has 5 nitrogen and oxygen atoms in total. The Morgan fingerprint density at radius 3 is 2.95 bits per heavy atom. The van der Waals surface area contributed by atoms with Crippen LogP contribution in [0.5, 0.6) is 5.75 Å². The average Bonchev–Trinajstić information content (AvgIpc) is 2.46. The van der Waals surface area contributed by atoms with Gasteiger partial charge in [-0.2, -0.15) is 0 Å². The van der Waals surface area contributed by atoms with Crippen molar-refractivity contribution in [2.24, 2.45) is 0 Å². The summed E-state index contributed by atoms with van der Waals surface area (Å²) in [5, 5.41) is 2.85. The van der Waals surface area contributed by atoms with Gasteiger partial charge in [0, 0.05) is 23.9 Å². The average molecular weight is 269 g/mol. The van der Waals surface area contributed by atoms with Gasteiger partial charge in [0.25, 0.3) is 0 Å². The molecule has 0 radical (unpaired) electrons. The molecule has 1 aliphatic rings. The van der Waals surface area contributed by atoms with Crippen molar-refractivity contribution in [2.75, 3.05) is 11.1 Å². The lowest BCUT2D eigenvalue weighted by Crippen LogP contribution is -2.18. The van der Waals surface area contributed by atoms with Crippen LogP contribution >= 0.6 is 0 Å². The van der Waals surface area contributed by atoms with Crippen LogP contribution in [0.3, 0.4) is 0 Å². The van der Waals surface area contributed by atoms with E-state index in [0.29, 0.717) is 18.8 Å². The zero-order valence-corrected chi connectivity index (χ0v) is 10.9. The van der Waals surface area contributed by atoms with E-state index >= 15 is 0 Å². The van der Waals surface area contributed by atoms with E-state index in [-0.39, 0.29) is 5.91 Å². The smallest absolute Gasteiger partial charge is 0.224 e. The summed E-state index contributed by atoms with van der Waals surface area (Å²) in [6, 6.07) is 9.35. The first kappa shape index (κ1) is 12.5. The highest BCUT2D eigenvalue weighted by atomic mass is 16.5. The first-order valence-corrected chi connectivity index (χ1v) is 6.47. The van der Waals surface area contributed by atoms with Crippen LogP contribution < -0.4 is 15.8 Å². The van der Waals surface area contributed by atoms with Crippen molar-refractivity contribution in [3.63, 3.8) is 0 Å². The highest BCUT2D eigenvalue weighted by Crippen LogP contribution is 2.27. The van der Waals surface area contributed by atoms with Gasteiger partial charge in [-0.15, -0.1) is 0 Å². The fourth-order valence-electron chi connectivity index (χ4n) is 2.14. The summed E-state index contributed by atoms with van der Waals surface area (Å²) in [5.74, 6) is 1.36. The Morgan fingerprint density at radius 2 is 2.15 bits per heavy atom. The van der Waals surface area contributed by atoms with Crippen LogP contribution in [0.4, 0.5) is 11.5 Å². The van der Waals surface area contributed by atoms with E-state index in [0.717, 1.165) is 29.0 Å². The normalized spacial score (nSPS) is 13.5. The summed E-state index contributed by atoms with van der Waals surface area (Å²) in [6.45, 7) is 0.443. The zero-order valence-electron chi connectivity index (χ0n) is 10.9. The van der Waals surface area contributed by atoms with Crippen molar-refractivity contribution in [1.29, 1.82) is 0 Å². The lowest BCUT2D eigenvalue weighted by Gasteiger charge is -2.17. The second-order valence-electron chi connectivity index (χ2n) is 4.75. The molecule has 0 spiro atoms. The molecule has 0 aliphatic carbocycles. The lowest BCUT2D eigenvalue weighted by molar-refractivity contribution is -0.116. The van der Waals surface area contributed by atoms with E-state index in [1.807, 2.05) is 24.3 Å². The molecular formula is C15H15N3O2. The van der Waals surface area contributed by atoms with E-state index in [1.54, 1.807) is 12.3 Å². The van der Waals surface area contributed by atoms with Crippen LogP contribution in [0.25, 0.3) is 0 Å². The van der Waals surface area contributed by atoms with Gasteiger partial charge in [-0.3, -0.25) is 4.79 Å². The Kier molecular flexibility index (Phi) is 3.25. The highest BCUT2D eigenvalue weighted by Gasteiger charge is 2.14. The molecule has 1 amide bonds. The Hall–Kier alpha value is -2.56. The standard InChI is InChI=1S/C15H15N3O2/c16-14-5-1-10(8-17-14)9-20-12-3-4-13-11(7-12)2-6-15(19)18-13/h1,3-5,7-8H,2,6,9H2,(H2,16,17)(H,18,19). The maximum atomic E-state index is 11.3. The van der Waals surface area contributed by atoms with E-state index in [2.05, 4.69) is 10.3 Å². The molecule has 1 aromatic heterocycles. The molecule has 5 heteroatoms. The van der Waals surface area contributed by atoms with Gasteiger partial charge in [-0.25, -0.2) is 4.98 Å². The summed E-state index contributed by atoms with van der Waals surface area (Å²) in [6.07, 6.45) is 2.98. The summed E-state index contributed by atoms with van der Waals surface area (Å²) in [4.78, 5) is 15.3. The van der Waals surface area contributed by atoms with Crippen LogP contribution in [0.15, 0.2) is 36.5 Å². The summed E-state index contributed by atoms with van der Waals surface area (Å²) >= 11 is 0. The van der Waals surface area contributed by atoms with Gasteiger partial charge in [0.15, 0.2) is 0 Å². The van der Waals surface area contributed by atoms with E-state index in [4.69, 9.17) is 10.5 Å². The van der Waals surface area contributed by atoms with Gasteiger partial charge < -0.3 is 15.8 Å². The number of hydrogen-bond donors (Lipinski definition) is 2. The molecule has 2 heterocycles. The number of carbonyl (C=O) groups excluding carboxylic acids is 1. The summed E-state index contributed by atoms with van der Waals surface area (Å²) in [5.41, 5.74) is 8.48. The Labute approximate surface area is 116 Å². The number of aromatic nitrogens is 1. The maximum absolute atomic E-state index is 11.3. The number of nitrogens with one attached hydrogen (secondary N) is 1. The lowest BCUT2D eigenvalue weighted by atomic mass is 10.0. The predicted octanol–water partition coefficient (Wildman–Crippen LogP) is 2.13. The fourth-order valence-corrected chi connectivity index (χ4v) is 2.14. The Bertz CT molecular complexity index is 638. The minimum absolute atomic E-state index is 0.0686. The number of fused-ring (bicyclic) bond motifs is 1. The van der Waals surface area contributed by atoms with Crippen molar-refractivity contribution in [2.45, 2.75) is 19.4 Å². The third-order valence-electron chi connectivity index (χ3n) is 3.23. The first-order valence-electron chi connectivity index (χ1n) is 6.47. The number of benzene rings is 1. The van der Waals surface area contributed by atoms with E-state index in [1.165, 1.54) is 0 Å². The third kappa shape index (κ3) is 2.71. The number of nitrogens with zero attached hydrogens (tertiary/aromatic N) is 1. The first-order chi connectivity index (χ1) is 9.70. The number of carbonyl (C=O) groups is 1.